The molecule has 0 aromatic carbocycles. The molecule has 7 heteroatoms. The molecular formula is CH10N3O3P. The van der Waals surface area contributed by atoms with Gasteiger partial charge in [-0.2, -0.15) is 0 Å². The SMILES string of the molecule is NCP(=O)(O)O.NN. The highest BCUT2D eigenvalue weighted by Gasteiger charge is 2.05. The second-order valence-corrected chi connectivity index (χ2v) is 2.54. The van der Waals surface area contributed by atoms with Gasteiger partial charge in [-0.1, -0.05) is 0 Å². The van der Waals surface area contributed by atoms with Crippen LogP contribution < -0.4 is 17.4 Å². The summed E-state index contributed by atoms with van der Waals surface area (Å²) < 4.78 is 9.57. The van der Waals surface area contributed by atoms with E-state index in [1.165, 1.54) is 0 Å². The molecule has 0 heterocycles. The summed E-state index contributed by atoms with van der Waals surface area (Å²) in [5, 5.41) is 0. The van der Waals surface area contributed by atoms with E-state index in [1.807, 2.05) is 0 Å². The Bertz CT molecular complexity index is 78.6. The molecule has 0 spiro atoms. The van der Waals surface area contributed by atoms with Gasteiger partial charge in [-0.3, -0.25) is 16.3 Å². The van der Waals surface area contributed by atoms with Crippen LogP contribution in [-0.4, -0.2) is 16.1 Å². The summed E-state index contributed by atoms with van der Waals surface area (Å²) in [6.45, 7) is 0. The molecule has 0 unspecified atom stereocenters. The average Bonchev–Trinajstić information content (AvgIpc) is 1.71. The van der Waals surface area contributed by atoms with Crippen molar-refractivity contribution in [2.45, 2.75) is 0 Å². The first-order chi connectivity index (χ1) is 3.56. The van der Waals surface area contributed by atoms with E-state index < -0.39 is 13.9 Å². The molecule has 0 aliphatic carbocycles. The van der Waals surface area contributed by atoms with Gasteiger partial charge in [-0.05, 0) is 0 Å². The summed E-state index contributed by atoms with van der Waals surface area (Å²) in [6, 6.07) is 0. The van der Waals surface area contributed by atoms with Gasteiger partial charge in [0.05, 0.1) is 6.29 Å². The van der Waals surface area contributed by atoms with Crippen LogP contribution in [0.15, 0.2) is 0 Å². The highest BCUT2D eigenvalue weighted by Crippen LogP contribution is 2.30. The molecule has 0 saturated heterocycles. The number of hydrogen-bond donors (Lipinski definition) is 5. The van der Waals surface area contributed by atoms with Gasteiger partial charge in [0, 0.05) is 0 Å². The summed E-state index contributed by atoms with van der Waals surface area (Å²) in [5.74, 6) is 8.00. The lowest BCUT2D eigenvalue weighted by molar-refractivity contribution is 0.374. The molecule has 0 atom stereocenters. The van der Waals surface area contributed by atoms with Gasteiger partial charge in [0.25, 0.3) is 0 Å². The highest BCUT2D eigenvalue weighted by atomic mass is 31.2. The molecule has 0 rings (SSSR count). The minimum Gasteiger partial charge on any atom is -0.324 e. The number of nitrogens with two attached hydrogens (primary N) is 3. The fourth-order valence-corrected chi connectivity index (χ4v) is 0. The van der Waals surface area contributed by atoms with Crippen LogP contribution in [0, 0.1) is 0 Å². The van der Waals surface area contributed by atoms with E-state index >= 15 is 0 Å². The lowest BCUT2D eigenvalue weighted by Crippen LogP contribution is -2.02. The van der Waals surface area contributed by atoms with Gasteiger partial charge in [0.15, 0.2) is 0 Å². The van der Waals surface area contributed by atoms with E-state index in [9.17, 15) is 4.57 Å². The van der Waals surface area contributed by atoms with Crippen LogP contribution >= 0.6 is 7.60 Å². The van der Waals surface area contributed by atoms with Crippen LogP contribution in [0.1, 0.15) is 0 Å². The molecule has 0 amide bonds. The summed E-state index contributed by atoms with van der Waals surface area (Å²) in [5.41, 5.74) is 4.54. The summed E-state index contributed by atoms with van der Waals surface area (Å²) in [6.07, 6.45) is -0.562. The van der Waals surface area contributed by atoms with Crippen LogP contribution in [0.3, 0.4) is 0 Å². The summed E-state index contributed by atoms with van der Waals surface area (Å²) in [4.78, 5) is 15.6. The lowest BCUT2D eigenvalue weighted by Gasteiger charge is -1.92. The Labute approximate surface area is 46.8 Å². The van der Waals surface area contributed by atoms with E-state index in [2.05, 4.69) is 17.4 Å². The van der Waals surface area contributed by atoms with Gasteiger partial charge in [0.1, 0.15) is 0 Å². The van der Waals surface area contributed by atoms with Crippen LogP contribution in [-0.2, 0) is 4.57 Å². The topological polar surface area (TPSA) is 136 Å². The molecule has 6 nitrogen and oxygen atoms in total. The van der Waals surface area contributed by atoms with E-state index in [-0.39, 0.29) is 0 Å². The van der Waals surface area contributed by atoms with Gasteiger partial charge in [-0.15, -0.1) is 0 Å². The number of hydrogen-bond acceptors (Lipinski definition) is 4. The minimum absolute atomic E-state index is 0.562. The van der Waals surface area contributed by atoms with Crippen molar-refractivity contribution < 1.29 is 14.4 Å². The second kappa shape index (κ2) is 5.17. The van der Waals surface area contributed by atoms with Crippen molar-refractivity contribution in [1.82, 2.24) is 0 Å². The molecule has 0 bridgehead atoms. The predicted molar refractivity (Wildman–Crippen MR) is 29.5 cm³/mol. The zero-order valence-corrected chi connectivity index (χ0v) is 5.08. The van der Waals surface area contributed by atoms with Crippen molar-refractivity contribution in [2.24, 2.45) is 17.4 Å². The smallest absolute Gasteiger partial charge is 0.324 e. The standard InChI is InChI=1S/CH6NO3P.H4N2/c2-1-6(3,4)5;1-2/h1-2H2,(H2,3,4,5);1-2H2. The highest BCUT2D eigenvalue weighted by molar-refractivity contribution is 7.51. The van der Waals surface area contributed by atoms with Crippen LogP contribution in [0.25, 0.3) is 0 Å². The third-order valence-corrected chi connectivity index (χ3v) is 0.714. The van der Waals surface area contributed by atoms with E-state index in [1.54, 1.807) is 0 Å². The zero-order chi connectivity index (χ0) is 7.21. The quantitative estimate of drug-likeness (QED) is 0.162. The molecule has 52 valence electrons. The third kappa shape index (κ3) is 16.6. The molecule has 8 N–H and O–H groups in total. The fraction of sp³-hybridized carbons (Fsp3) is 1.00. The largest absolute Gasteiger partial charge is 0.338 e. The van der Waals surface area contributed by atoms with Crippen molar-refractivity contribution >= 4 is 7.60 Å². The Hall–Kier alpha value is 0.0300. The number of rotatable bonds is 1. The van der Waals surface area contributed by atoms with Gasteiger partial charge in [-0.25, -0.2) is 0 Å². The normalized spacial score (nSPS) is 9.62. The molecule has 0 aromatic heterocycles. The monoisotopic (exact) mass is 143 g/mol. The Balaban J connectivity index is 0. The third-order valence-electron chi connectivity index (χ3n) is 0.238. The van der Waals surface area contributed by atoms with Gasteiger partial charge >= 0.3 is 7.60 Å². The van der Waals surface area contributed by atoms with Crippen molar-refractivity contribution in [3.63, 3.8) is 0 Å². The number of hydrazine groups is 1. The van der Waals surface area contributed by atoms with E-state index in [4.69, 9.17) is 9.79 Å². The molecular weight excluding hydrogens is 133 g/mol. The zero-order valence-electron chi connectivity index (χ0n) is 4.19. The second-order valence-electron chi connectivity index (χ2n) is 0.847. The van der Waals surface area contributed by atoms with E-state index in [0.29, 0.717) is 0 Å². The van der Waals surface area contributed by atoms with Gasteiger partial charge in [0.2, 0.25) is 0 Å². The lowest BCUT2D eigenvalue weighted by atomic mass is 11.6. The maximum Gasteiger partial charge on any atom is 0.338 e. The molecule has 0 aliphatic heterocycles. The summed E-state index contributed by atoms with van der Waals surface area (Å²) in [7, 11) is -3.87. The average molecular weight is 143 g/mol. The molecule has 0 aliphatic rings. The first-order valence-electron chi connectivity index (χ1n) is 1.64. The minimum atomic E-state index is -3.87. The fourth-order valence-electron chi connectivity index (χ4n) is 0. The van der Waals surface area contributed by atoms with Crippen molar-refractivity contribution in [3.05, 3.63) is 0 Å². The molecule has 8 heavy (non-hydrogen) atoms. The molecule has 0 saturated carbocycles. The molecule has 0 radical (unpaired) electrons. The van der Waals surface area contributed by atoms with Crippen LogP contribution in [0.4, 0.5) is 0 Å². The maximum absolute atomic E-state index is 9.57. The summed E-state index contributed by atoms with van der Waals surface area (Å²) >= 11 is 0. The van der Waals surface area contributed by atoms with Crippen molar-refractivity contribution in [1.29, 1.82) is 0 Å². The first-order valence-corrected chi connectivity index (χ1v) is 3.44. The Morgan fingerprint density at radius 3 is 1.50 bits per heavy atom. The maximum atomic E-state index is 9.57. The van der Waals surface area contributed by atoms with Crippen molar-refractivity contribution in [2.75, 3.05) is 6.29 Å². The Kier molecular flexibility index (Phi) is 7.06. The Morgan fingerprint density at radius 2 is 1.50 bits per heavy atom. The van der Waals surface area contributed by atoms with Crippen LogP contribution in [0.2, 0.25) is 0 Å². The first kappa shape index (κ1) is 10.9. The Morgan fingerprint density at radius 1 is 1.38 bits per heavy atom. The van der Waals surface area contributed by atoms with Gasteiger partial charge < -0.3 is 15.5 Å². The van der Waals surface area contributed by atoms with Crippen molar-refractivity contribution in [3.8, 4) is 0 Å². The van der Waals surface area contributed by atoms with E-state index in [0.717, 1.165) is 0 Å². The molecule has 0 fully saturated rings. The molecule has 0 aromatic rings. The predicted octanol–water partition coefficient (Wildman–Crippen LogP) is -2.10. The van der Waals surface area contributed by atoms with Crippen LogP contribution in [0.5, 0.6) is 0 Å².